The number of halogens is 2. The van der Waals surface area contributed by atoms with Crippen LogP contribution in [0.2, 0.25) is 5.02 Å². The maximum Gasteiger partial charge on any atom is 0.147 e. The standard InChI is InChI=1S/C6H5ClFNS/c1-4-2-5(7)6(10-8)9-3-4/h2-3H,1H3. The topological polar surface area (TPSA) is 12.9 Å². The van der Waals surface area contributed by atoms with Gasteiger partial charge < -0.3 is 0 Å². The predicted octanol–water partition coefficient (Wildman–Crippen LogP) is 3.02. The van der Waals surface area contributed by atoms with E-state index < -0.39 is 0 Å². The van der Waals surface area contributed by atoms with Gasteiger partial charge in [-0.15, -0.1) is 0 Å². The lowest BCUT2D eigenvalue weighted by molar-refractivity contribution is 0.918. The van der Waals surface area contributed by atoms with Crippen molar-refractivity contribution in [1.82, 2.24) is 4.98 Å². The summed E-state index contributed by atoms with van der Waals surface area (Å²) in [6, 6.07) is 1.68. The first-order chi connectivity index (χ1) is 4.74. The summed E-state index contributed by atoms with van der Waals surface area (Å²) in [6.45, 7) is 1.85. The highest BCUT2D eigenvalue weighted by Crippen LogP contribution is 2.25. The Morgan fingerprint density at radius 1 is 1.70 bits per heavy atom. The quantitative estimate of drug-likeness (QED) is 0.654. The van der Waals surface area contributed by atoms with Crippen molar-refractivity contribution in [1.29, 1.82) is 0 Å². The molecule has 0 spiro atoms. The van der Waals surface area contributed by atoms with E-state index in [0.29, 0.717) is 5.02 Å². The van der Waals surface area contributed by atoms with Crippen LogP contribution in [0.25, 0.3) is 0 Å². The van der Waals surface area contributed by atoms with Crippen molar-refractivity contribution in [3.8, 4) is 0 Å². The van der Waals surface area contributed by atoms with Gasteiger partial charge in [0.2, 0.25) is 0 Å². The van der Waals surface area contributed by atoms with Crippen molar-refractivity contribution in [2.24, 2.45) is 0 Å². The Morgan fingerprint density at radius 3 is 2.90 bits per heavy atom. The fraction of sp³-hybridized carbons (Fsp3) is 0.167. The Kier molecular flexibility index (Phi) is 2.51. The smallest absolute Gasteiger partial charge is 0.147 e. The van der Waals surface area contributed by atoms with Gasteiger partial charge in [0.15, 0.2) is 0 Å². The molecule has 1 heterocycles. The van der Waals surface area contributed by atoms with Crippen molar-refractivity contribution in [2.45, 2.75) is 11.9 Å². The van der Waals surface area contributed by atoms with Gasteiger partial charge in [-0.05, 0) is 18.6 Å². The maximum absolute atomic E-state index is 11.9. The van der Waals surface area contributed by atoms with Crippen LogP contribution in [-0.4, -0.2) is 4.98 Å². The first kappa shape index (κ1) is 7.82. The first-order valence-corrected chi connectivity index (χ1v) is 3.74. The maximum atomic E-state index is 11.9. The Labute approximate surface area is 67.9 Å². The molecule has 1 rings (SSSR count). The minimum Gasteiger partial charge on any atom is -0.245 e. The summed E-state index contributed by atoms with van der Waals surface area (Å²) in [7, 11) is 0. The second kappa shape index (κ2) is 3.21. The third-order valence-electron chi connectivity index (χ3n) is 1.02. The number of aromatic nitrogens is 1. The number of nitrogens with zero attached hydrogens (tertiary/aromatic N) is 1. The Morgan fingerprint density at radius 2 is 2.40 bits per heavy atom. The summed E-state index contributed by atoms with van der Waals surface area (Å²) in [5, 5.41) is 0.597. The third kappa shape index (κ3) is 1.61. The van der Waals surface area contributed by atoms with Crippen molar-refractivity contribution in [2.75, 3.05) is 0 Å². The molecule has 54 valence electrons. The molecule has 0 radical (unpaired) electrons. The molecule has 0 aliphatic heterocycles. The van der Waals surface area contributed by atoms with Crippen molar-refractivity contribution < 1.29 is 3.89 Å². The van der Waals surface area contributed by atoms with Crippen LogP contribution < -0.4 is 0 Å². The van der Waals surface area contributed by atoms with E-state index in [0.717, 1.165) is 5.56 Å². The molecule has 0 amide bonds. The van der Waals surface area contributed by atoms with Crippen LogP contribution in [0.1, 0.15) is 5.56 Å². The van der Waals surface area contributed by atoms with E-state index in [-0.39, 0.29) is 17.2 Å². The average Bonchev–Trinajstić information content (AvgIpc) is 1.88. The van der Waals surface area contributed by atoms with E-state index in [1.807, 2.05) is 6.92 Å². The SMILES string of the molecule is Cc1cnc(SF)c(Cl)c1. The molecule has 1 nitrogen and oxygen atoms in total. The van der Waals surface area contributed by atoms with Crippen LogP contribution in [0.5, 0.6) is 0 Å². The van der Waals surface area contributed by atoms with Crippen LogP contribution in [0.15, 0.2) is 17.3 Å². The summed E-state index contributed by atoms with van der Waals surface area (Å²) < 4.78 is 11.9. The molecule has 10 heavy (non-hydrogen) atoms. The predicted molar refractivity (Wildman–Crippen MR) is 40.9 cm³/mol. The summed E-state index contributed by atoms with van der Waals surface area (Å²) in [6.07, 6.45) is 1.58. The Hall–Kier alpha value is -0.280. The van der Waals surface area contributed by atoms with Crippen LogP contribution in [0.4, 0.5) is 3.89 Å². The summed E-state index contributed by atoms with van der Waals surface area (Å²) in [5.74, 6) is 0. The van der Waals surface area contributed by atoms with Crippen LogP contribution in [0.3, 0.4) is 0 Å². The van der Waals surface area contributed by atoms with Gasteiger partial charge >= 0.3 is 0 Å². The van der Waals surface area contributed by atoms with Gasteiger partial charge in [-0.25, -0.2) is 4.98 Å². The molecule has 0 saturated carbocycles. The zero-order valence-corrected chi connectivity index (χ0v) is 6.84. The van der Waals surface area contributed by atoms with Crippen LogP contribution in [-0.2, 0) is 0 Å². The molecule has 0 bridgehead atoms. The highest BCUT2D eigenvalue weighted by atomic mass is 35.5. The summed E-state index contributed by atoms with van der Waals surface area (Å²) in [4.78, 5) is 3.75. The van der Waals surface area contributed by atoms with E-state index >= 15 is 0 Å². The average molecular weight is 178 g/mol. The van der Waals surface area contributed by atoms with Gasteiger partial charge in [-0.2, -0.15) is 3.89 Å². The summed E-state index contributed by atoms with van der Waals surface area (Å²) >= 11 is 5.67. The molecule has 0 aliphatic carbocycles. The Balaban J connectivity index is 3.07. The third-order valence-corrected chi connectivity index (χ3v) is 1.89. The van der Waals surface area contributed by atoms with Gasteiger partial charge in [0, 0.05) is 6.20 Å². The van der Waals surface area contributed by atoms with Crippen molar-refractivity contribution >= 4 is 23.7 Å². The lowest BCUT2D eigenvalue weighted by atomic mass is 10.3. The van der Waals surface area contributed by atoms with Gasteiger partial charge in [-0.1, -0.05) is 11.6 Å². The minimum absolute atomic E-state index is 0.0611. The molecule has 0 N–H and O–H groups in total. The summed E-state index contributed by atoms with van der Waals surface area (Å²) in [5.41, 5.74) is 0.933. The van der Waals surface area contributed by atoms with Gasteiger partial charge in [-0.3, -0.25) is 0 Å². The largest absolute Gasteiger partial charge is 0.245 e. The molecular formula is C6H5ClFNS. The monoisotopic (exact) mass is 177 g/mol. The number of aryl methyl sites for hydroxylation is 1. The second-order valence-corrected chi connectivity index (χ2v) is 2.82. The first-order valence-electron chi connectivity index (χ1n) is 2.65. The second-order valence-electron chi connectivity index (χ2n) is 1.88. The van der Waals surface area contributed by atoms with Crippen LogP contribution in [0, 0.1) is 6.92 Å². The number of rotatable bonds is 1. The van der Waals surface area contributed by atoms with Crippen molar-refractivity contribution in [3.63, 3.8) is 0 Å². The van der Waals surface area contributed by atoms with E-state index in [2.05, 4.69) is 4.98 Å². The van der Waals surface area contributed by atoms with Gasteiger partial charge in [0.05, 0.1) is 5.02 Å². The highest BCUT2D eigenvalue weighted by molar-refractivity contribution is 7.94. The van der Waals surface area contributed by atoms with E-state index in [9.17, 15) is 3.89 Å². The number of hydrogen-bond acceptors (Lipinski definition) is 2. The highest BCUT2D eigenvalue weighted by Gasteiger charge is 2.00. The molecule has 0 aromatic carbocycles. The molecule has 1 aromatic rings. The van der Waals surface area contributed by atoms with Gasteiger partial charge in [0.25, 0.3) is 0 Å². The molecule has 0 atom stereocenters. The molecule has 1 aromatic heterocycles. The number of hydrogen-bond donors (Lipinski definition) is 0. The lowest BCUT2D eigenvalue weighted by Crippen LogP contribution is -1.80. The minimum atomic E-state index is 0.0611. The van der Waals surface area contributed by atoms with Gasteiger partial charge in [0.1, 0.15) is 17.2 Å². The molecule has 4 heteroatoms. The lowest BCUT2D eigenvalue weighted by Gasteiger charge is -1.95. The van der Waals surface area contributed by atoms with E-state index in [1.165, 1.54) is 0 Å². The molecule has 0 saturated heterocycles. The zero-order chi connectivity index (χ0) is 7.56. The molecular weight excluding hydrogens is 173 g/mol. The zero-order valence-electron chi connectivity index (χ0n) is 5.27. The number of pyridine rings is 1. The molecule has 0 aliphatic rings. The fourth-order valence-corrected chi connectivity index (χ4v) is 1.11. The molecule has 0 unspecified atom stereocenters. The Bertz CT molecular complexity index is 241. The fourth-order valence-electron chi connectivity index (χ4n) is 0.578. The van der Waals surface area contributed by atoms with E-state index in [4.69, 9.17) is 11.6 Å². The van der Waals surface area contributed by atoms with E-state index in [1.54, 1.807) is 12.3 Å². The molecule has 0 fully saturated rings. The van der Waals surface area contributed by atoms with Crippen molar-refractivity contribution in [3.05, 3.63) is 22.8 Å². The normalized spacial score (nSPS) is 9.90. The van der Waals surface area contributed by atoms with Crippen LogP contribution >= 0.6 is 23.7 Å².